The van der Waals surface area contributed by atoms with E-state index in [2.05, 4.69) is 54.5 Å². The third kappa shape index (κ3) is 5.48. The second-order valence-electron chi connectivity index (χ2n) is 9.39. The van der Waals surface area contributed by atoms with Gasteiger partial charge in [0.2, 0.25) is 5.91 Å². The smallest absolute Gasteiger partial charge is 0.220 e. The summed E-state index contributed by atoms with van der Waals surface area (Å²) < 4.78 is 9.51. The number of unbranched alkanes of at least 4 members (excludes halogenated alkanes) is 1. The third-order valence-electron chi connectivity index (χ3n) is 6.64. The first-order valence-electron chi connectivity index (χ1n) is 12.8. The molecule has 0 aliphatic heterocycles. The molecule has 0 unspecified atom stereocenters. The highest BCUT2D eigenvalue weighted by Gasteiger charge is 2.14. The van der Waals surface area contributed by atoms with Gasteiger partial charge in [-0.15, -0.1) is 10.2 Å². The monoisotopic (exact) mass is 496 g/mol. The van der Waals surface area contributed by atoms with Crippen LogP contribution in [0.2, 0.25) is 0 Å². The maximum absolute atomic E-state index is 12.5. The molecule has 1 amide bonds. The van der Waals surface area contributed by atoms with Crippen molar-refractivity contribution >= 4 is 17.1 Å². The molecule has 5 aromatic rings. The van der Waals surface area contributed by atoms with Gasteiger partial charge in [-0.1, -0.05) is 31.5 Å². The van der Waals surface area contributed by atoms with E-state index in [-0.39, 0.29) is 5.91 Å². The second kappa shape index (κ2) is 10.8. The minimum atomic E-state index is -0.00943. The summed E-state index contributed by atoms with van der Waals surface area (Å²) in [5.41, 5.74) is 7.00. The molecular formula is C29H32N6O2. The zero-order chi connectivity index (χ0) is 25.8. The first-order valence-corrected chi connectivity index (χ1v) is 12.8. The summed E-state index contributed by atoms with van der Waals surface area (Å²) in [5, 5.41) is 16.5. The van der Waals surface area contributed by atoms with Crippen LogP contribution in [0.3, 0.4) is 0 Å². The Morgan fingerprint density at radius 3 is 2.62 bits per heavy atom. The first-order chi connectivity index (χ1) is 18.0. The van der Waals surface area contributed by atoms with Crippen LogP contribution in [0.25, 0.3) is 22.4 Å². The molecule has 0 spiro atoms. The van der Waals surface area contributed by atoms with Gasteiger partial charge in [-0.05, 0) is 67.3 Å². The molecule has 5 rings (SSSR count). The van der Waals surface area contributed by atoms with Gasteiger partial charge in [-0.2, -0.15) is 5.10 Å². The highest BCUT2D eigenvalue weighted by atomic mass is 16.5. The molecule has 3 aromatic heterocycles. The van der Waals surface area contributed by atoms with Crippen LogP contribution in [0.1, 0.15) is 48.7 Å². The SMILES string of the molecule is CCCCOc1ccc(-c2cc3c4nnc(CCC(=O)NCc5ccc(C)c(C)c5)n4ccn3n2)cc1. The molecule has 8 nitrogen and oxygen atoms in total. The van der Waals surface area contributed by atoms with E-state index in [1.165, 1.54) is 11.1 Å². The van der Waals surface area contributed by atoms with Crippen molar-refractivity contribution in [2.24, 2.45) is 0 Å². The van der Waals surface area contributed by atoms with Crippen molar-refractivity contribution in [3.05, 3.63) is 83.4 Å². The van der Waals surface area contributed by atoms with E-state index in [4.69, 9.17) is 9.84 Å². The molecule has 0 atom stereocenters. The van der Waals surface area contributed by atoms with Gasteiger partial charge in [0, 0.05) is 37.3 Å². The average Bonchev–Trinajstić information content (AvgIpc) is 3.53. The van der Waals surface area contributed by atoms with Crippen molar-refractivity contribution in [3.8, 4) is 17.0 Å². The lowest BCUT2D eigenvalue weighted by molar-refractivity contribution is -0.121. The Kier molecular flexibility index (Phi) is 7.16. The van der Waals surface area contributed by atoms with Crippen LogP contribution in [-0.2, 0) is 17.8 Å². The van der Waals surface area contributed by atoms with Crippen molar-refractivity contribution in [2.75, 3.05) is 6.61 Å². The summed E-state index contributed by atoms with van der Waals surface area (Å²) in [6, 6.07) is 16.3. The van der Waals surface area contributed by atoms with E-state index in [0.717, 1.165) is 53.4 Å². The molecule has 8 heteroatoms. The highest BCUT2D eigenvalue weighted by Crippen LogP contribution is 2.24. The van der Waals surface area contributed by atoms with Gasteiger partial charge in [-0.3, -0.25) is 9.20 Å². The van der Waals surface area contributed by atoms with Crippen molar-refractivity contribution in [1.29, 1.82) is 0 Å². The lowest BCUT2D eigenvalue weighted by Gasteiger charge is -2.07. The average molecular weight is 497 g/mol. The molecular weight excluding hydrogens is 464 g/mol. The van der Waals surface area contributed by atoms with Crippen LogP contribution in [0, 0.1) is 13.8 Å². The summed E-state index contributed by atoms with van der Waals surface area (Å²) in [6.45, 7) is 7.56. The minimum Gasteiger partial charge on any atom is -0.494 e. The van der Waals surface area contributed by atoms with Crippen LogP contribution in [0.4, 0.5) is 0 Å². The number of hydrogen-bond donors (Lipinski definition) is 1. The Bertz CT molecular complexity index is 1530. The van der Waals surface area contributed by atoms with E-state index >= 15 is 0 Å². The van der Waals surface area contributed by atoms with Gasteiger partial charge in [0.05, 0.1) is 12.3 Å². The number of ether oxygens (including phenoxy) is 1. The fourth-order valence-corrected chi connectivity index (χ4v) is 4.26. The van der Waals surface area contributed by atoms with E-state index in [9.17, 15) is 4.79 Å². The highest BCUT2D eigenvalue weighted by molar-refractivity contribution is 5.77. The second-order valence-corrected chi connectivity index (χ2v) is 9.39. The normalized spacial score (nSPS) is 11.3. The molecule has 0 radical (unpaired) electrons. The van der Waals surface area contributed by atoms with Crippen LogP contribution in [0.15, 0.2) is 60.9 Å². The van der Waals surface area contributed by atoms with Crippen molar-refractivity contribution < 1.29 is 9.53 Å². The summed E-state index contributed by atoms with van der Waals surface area (Å²) >= 11 is 0. The van der Waals surface area contributed by atoms with Gasteiger partial charge >= 0.3 is 0 Å². The summed E-state index contributed by atoms with van der Waals surface area (Å²) in [6.07, 6.45) is 6.78. The van der Waals surface area contributed by atoms with Gasteiger partial charge in [0.15, 0.2) is 5.65 Å². The number of aromatic nitrogens is 5. The number of nitrogens with zero attached hydrogens (tertiary/aromatic N) is 5. The summed E-state index contributed by atoms with van der Waals surface area (Å²) in [5.74, 6) is 1.60. The Morgan fingerprint density at radius 1 is 1.00 bits per heavy atom. The van der Waals surface area contributed by atoms with E-state index in [1.54, 1.807) is 0 Å². The number of carbonyl (C=O) groups is 1. The van der Waals surface area contributed by atoms with E-state index in [1.807, 2.05) is 51.6 Å². The topological polar surface area (TPSA) is 85.8 Å². The fourth-order valence-electron chi connectivity index (χ4n) is 4.26. The molecule has 190 valence electrons. The van der Waals surface area contributed by atoms with E-state index in [0.29, 0.717) is 25.0 Å². The number of fused-ring (bicyclic) bond motifs is 3. The summed E-state index contributed by atoms with van der Waals surface area (Å²) in [4.78, 5) is 12.5. The summed E-state index contributed by atoms with van der Waals surface area (Å²) in [7, 11) is 0. The molecule has 0 aliphatic carbocycles. The minimum absolute atomic E-state index is 0.00943. The van der Waals surface area contributed by atoms with Crippen molar-refractivity contribution in [3.63, 3.8) is 0 Å². The Morgan fingerprint density at radius 2 is 1.84 bits per heavy atom. The maximum Gasteiger partial charge on any atom is 0.220 e. The first kappa shape index (κ1) is 24.5. The van der Waals surface area contributed by atoms with Crippen molar-refractivity contribution in [2.45, 2.75) is 53.0 Å². The maximum atomic E-state index is 12.5. The number of benzene rings is 2. The van der Waals surface area contributed by atoms with Crippen LogP contribution >= 0.6 is 0 Å². The van der Waals surface area contributed by atoms with Crippen LogP contribution < -0.4 is 10.1 Å². The number of hydrogen-bond acceptors (Lipinski definition) is 5. The molecule has 0 aliphatic rings. The molecule has 2 aromatic carbocycles. The van der Waals surface area contributed by atoms with Gasteiger partial charge in [0.25, 0.3) is 0 Å². The predicted octanol–water partition coefficient (Wildman–Crippen LogP) is 5.09. The number of rotatable bonds is 10. The zero-order valence-electron chi connectivity index (χ0n) is 21.6. The van der Waals surface area contributed by atoms with Crippen molar-refractivity contribution in [1.82, 2.24) is 29.5 Å². The number of carbonyl (C=O) groups excluding carboxylic acids is 1. The largest absolute Gasteiger partial charge is 0.494 e. The predicted molar refractivity (Wildman–Crippen MR) is 144 cm³/mol. The van der Waals surface area contributed by atoms with Gasteiger partial charge in [-0.25, -0.2) is 4.52 Å². The molecule has 0 saturated heterocycles. The molecule has 0 bridgehead atoms. The fraction of sp³-hybridized carbons (Fsp3) is 0.310. The molecule has 3 heterocycles. The third-order valence-corrected chi connectivity index (χ3v) is 6.64. The van der Waals surface area contributed by atoms with Crippen LogP contribution in [0.5, 0.6) is 5.75 Å². The zero-order valence-corrected chi connectivity index (χ0v) is 21.6. The molecule has 0 saturated carbocycles. The number of nitrogens with one attached hydrogen (secondary N) is 1. The lowest BCUT2D eigenvalue weighted by Crippen LogP contribution is -2.23. The number of amides is 1. The van der Waals surface area contributed by atoms with Crippen LogP contribution in [-0.4, -0.2) is 36.7 Å². The lowest BCUT2D eigenvalue weighted by atomic mass is 10.1. The number of aryl methyl sites for hydroxylation is 3. The quantitative estimate of drug-likeness (QED) is 0.272. The van der Waals surface area contributed by atoms with Gasteiger partial charge in [0.1, 0.15) is 17.1 Å². The van der Waals surface area contributed by atoms with Gasteiger partial charge < -0.3 is 10.1 Å². The molecule has 0 fully saturated rings. The molecule has 1 N–H and O–H groups in total. The Balaban J connectivity index is 1.25. The Hall–Kier alpha value is -4.20. The Labute approximate surface area is 216 Å². The molecule has 37 heavy (non-hydrogen) atoms. The van der Waals surface area contributed by atoms with E-state index < -0.39 is 0 Å². The standard InChI is InChI=1S/C29H32N6O2/c1-4-5-16-37-24-10-8-23(9-11-24)25-18-26-29-32-31-27(34(29)14-15-35(26)33-25)12-13-28(36)30-19-22-7-6-20(2)21(3)17-22/h6-11,14-15,17-18H,4-5,12-13,16,19H2,1-3H3,(H,30,36).